The molecule has 0 radical (unpaired) electrons. The first-order valence-corrected chi connectivity index (χ1v) is 10.1. The molecule has 1 aromatic carbocycles. The highest BCUT2D eigenvalue weighted by Gasteiger charge is 2.18. The average molecular weight is 411 g/mol. The summed E-state index contributed by atoms with van der Waals surface area (Å²) in [5.74, 6) is 0.295. The third-order valence-electron chi connectivity index (χ3n) is 5.55. The van der Waals surface area contributed by atoms with E-state index in [1.165, 1.54) is 17.7 Å². The van der Waals surface area contributed by atoms with Crippen LogP contribution in [0.3, 0.4) is 0 Å². The van der Waals surface area contributed by atoms with E-state index in [4.69, 9.17) is 9.97 Å². The van der Waals surface area contributed by atoms with Gasteiger partial charge in [-0.2, -0.15) is 5.10 Å². The van der Waals surface area contributed by atoms with Crippen LogP contribution in [0.4, 0.5) is 4.39 Å². The van der Waals surface area contributed by atoms with Crippen molar-refractivity contribution in [2.75, 3.05) is 13.1 Å². The normalized spacial score (nSPS) is 14.3. The molecule has 0 atom stereocenters. The van der Waals surface area contributed by atoms with Gasteiger partial charge in [0.2, 0.25) is 0 Å². The SMILES string of the molecule is Fc1cccc(-c2cncc3[nH]c(-c4n[nH]c5ccc(C6=CCNCC6)nc45)nc23)c1. The maximum atomic E-state index is 13.8. The van der Waals surface area contributed by atoms with E-state index in [1.807, 2.05) is 18.2 Å². The lowest BCUT2D eigenvalue weighted by atomic mass is 10.1. The number of rotatable bonds is 3. The van der Waals surface area contributed by atoms with Crippen molar-refractivity contribution in [1.29, 1.82) is 0 Å². The maximum absolute atomic E-state index is 13.8. The van der Waals surface area contributed by atoms with Crippen LogP contribution in [0.2, 0.25) is 0 Å². The highest BCUT2D eigenvalue weighted by atomic mass is 19.1. The predicted molar refractivity (Wildman–Crippen MR) is 118 cm³/mol. The Morgan fingerprint density at radius 2 is 1.94 bits per heavy atom. The minimum absolute atomic E-state index is 0.299. The summed E-state index contributed by atoms with van der Waals surface area (Å²) in [4.78, 5) is 17.3. The van der Waals surface area contributed by atoms with Crippen LogP contribution in [0.25, 0.3) is 50.3 Å². The molecular formula is C23H18FN7. The molecule has 0 fully saturated rings. The maximum Gasteiger partial charge on any atom is 0.161 e. The third-order valence-corrected chi connectivity index (χ3v) is 5.55. The first-order valence-electron chi connectivity index (χ1n) is 10.1. The van der Waals surface area contributed by atoms with Crippen LogP contribution in [0.15, 0.2) is 54.9 Å². The van der Waals surface area contributed by atoms with Crippen molar-refractivity contribution in [1.82, 2.24) is 35.5 Å². The molecule has 0 spiro atoms. The van der Waals surface area contributed by atoms with Gasteiger partial charge >= 0.3 is 0 Å². The molecule has 5 heterocycles. The summed E-state index contributed by atoms with van der Waals surface area (Å²) < 4.78 is 13.8. The Hall–Kier alpha value is -3.91. The summed E-state index contributed by atoms with van der Waals surface area (Å²) in [6.07, 6.45) is 6.53. The largest absolute Gasteiger partial charge is 0.335 e. The number of imidazole rings is 1. The first kappa shape index (κ1) is 17.9. The van der Waals surface area contributed by atoms with Gasteiger partial charge < -0.3 is 10.3 Å². The molecule has 152 valence electrons. The van der Waals surface area contributed by atoms with Crippen LogP contribution in [0.1, 0.15) is 12.1 Å². The Morgan fingerprint density at radius 3 is 2.81 bits per heavy atom. The van der Waals surface area contributed by atoms with Crippen LogP contribution in [-0.4, -0.2) is 43.2 Å². The van der Waals surface area contributed by atoms with E-state index < -0.39 is 0 Å². The van der Waals surface area contributed by atoms with Crippen molar-refractivity contribution in [3.05, 3.63) is 66.4 Å². The van der Waals surface area contributed by atoms with Crippen LogP contribution >= 0.6 is 0 Å². The summed E-state index contributed by atoms with van der Waals surface area (Å²) in [6.45, 7) is 1.80. The number of benzene rings is 1. The zero-order chi connectivity index (χ0) is 20.8. The second kappa shape index (κ2) is 7.10. The number of hydrogen-bond acceptors (Lipinski definition) is 5. The van der Waals surface area contributed by atoms with Gasteiger partial charge in [0.05, 0.1) is 28.4 Å². The Balaban J connectivity index is 1.49. The summed E-state index contributed by atoms with van der Waals surface area (Å²) >= 11 is 0. The van der Waals surface area contributed by atoms with E-state index in [0.717, 1.165) is 52.9 Å². The molecule has 0 bridgehead atoms. The fraction of sp³-hybridized carbons (Fsp3) is 0.130. The Morgan fingerprint density at radius 1 is 0.968 bits per heavy atom. The minimum Gasteiger partial charge on any atom is -0.335 e. The highest BCUT2D eigenvalue weighted by molar-refractivity contribution is 5.95. The van der Waals surface area contributed by atoms with E-state index in [-0.39, 0.29) is 5.82 Å². The first-order chi connectivity index (χ1) is 15.3. The topological polar surface area (TPSA) is 95.2 Å². The molecule has 6 rings (SSSR count). The lowest BCUT2D eigenvalue weighted by molar-refractivity contribution is 0.628. The van der Waals surface area contributed by atoms with Crippen LogP contribution in [0, 0.1) is 5.82 Å². The summed E-state index contributed by atoms with van der Waals surface area (Å²) in [6, 6.07) is 10.4. The Kier molecular flexibility index (Phi) is 4.10. The number of halogens is 1. The van der Waals surface area contributed by atoms with Gasteiger partial charge in [-0.1, -0.05) is 18.2 Å². The standard InChI is InChI=1S/C23H18FN7/c24-15-3-1-2-14(10-15)16-11-26-12-19-20(16)29-23(28-19)22-21-18(30-31-22)5-4-17(27-21)13-6-8-25-9-7-13/h1-6,10-12,25H,7-9H2,(H,28,29)(H,30,31). The molecule has 1 aliphatic rings. The lowest BCUT2D eigenvalue weighted by Crippen LogP contribution is -2.20. The van der Waals surface area contributed by atoms with Crippen molar-refractivity contribution in [3.8, 4) is 22.6 Å². The molecule has 0 saturated heterocycles. The van der Waals surface area contributed by atoms with Gasteiger partial charge in [0, 0.05) is 18.3 Å². The third kappa shape index (κ3) is 3.08. The zero-order valence-electron chi connectivity index (χ0n) is 16.5. The fourth-order valence-electron chi connectivity index (χ4n) is 4.01. The molecule has 31 heavy (non-hydrogen) atoms. The van der Waals surface area contributed by atoms with Gasteiger partial charge in [0.25, 0.3) is 0 Å². The van der Waals surface area contributed by atoms with Crippen molar-refractivity contribution in [2.45, 2.75) is 6.42 Å². The molecule has 3 N–H and O–H groups in total. The number of hydrogen-bond donors (Lipinski definition) is 3. The molecule has 0 unspecified atom stereocenters. The van der Waals surface area contributed by atoms with E-state index in [9.17, 15) is 4.39 Å². The molecule has 7 nitrogen and oxygen atoms in total. The zero-order valence-corrected chi connectivity index (χ0v) is 16.5. The second-order valence-corrected chi connectivity index (χ2v) is 7.53. The molecular weight excluding hydrogens is 393 g/mol. The fourth-order valence-corrected chi connectivity index (χ4v) is 4.01. The smallest absolute Gasteiger partial charge is 0.161 e. The lowest BCUT2D eigenvalue weighted by Gasteiger charge is -2.13. The number of nitrogens with one attached hydrogen (secondary N) is 3. The number of H-pyrrole nitrogens is 2. The van der Waals surface area contributed by atoms with Crippen molar-refractivity contribution in [2.24, 2.45) is 0 Å². The van der Waals surface area contributed by atoms with E-state index in [0.29, 0.717) is 17.0 Å². The Bertz CT molecular complexity index is 1460. The number of fused-ring (bicyclic) bond motifs is 2. The van der Waals surface area contributed by atoms with Gasteiger partial charge in [0.1, 0.15) is 11.3 Å². The van der Waals surface area contributed by atoms with Crippen LogP contribution in [-0.2, 0) is 0 Å². The van der Waals surface area contributed by atoms with Crippen LogP contribution in [0.5, 0.6) is 0 Å². The van der Waals surface area contributed by atoms with Gasteiger partial charge in [-0.3, -0.25) is 10.1 Å². The molecule has 0 aliphatic carbocycles. The van der Waals surface area contributed by atoms with Gasteiger partial charge in [-0.05, 0) is 48.4 Å². The number of aromatic amines is 2. The van der Waals surface area contributed by atoms with E-state index in [1.54, 1.807) is 18.5 Å². The minimum atomic E-state index is -0.299. The monoisotopic (exact) mass is 411 g/mol. The molecule has 1 aliphatic heterocycles. The molecule has 8 heteroatoms. The van der Waals surface area contributed by atoms with Gasteiger partial charge in [-0.15, -0.1) is 0 Å². The van der Waals surface area contributed by atoms with Gasteiger partial charge in [0.15, 0.2) is 11.5 Å². The molecule has 4 aromatic heterocycles. The van der Waals surface area contributed by atoms with Crippen molar-refractivity contribution in [3.63, 3.8) is 0 Å². The van der Waals surface area contributed by atoms with Crippen LogP contribution < -0.4 is 5.32 Å². The van der Waals surface area contributed by atoms with Crippen molar-refractivity contribution >= 4 is 27.6 Å². The van der Waals surface area contributed by atoms with Crippen molar-refractivity contribution < 1.29 is 4.39 Å². The highest BCUT2D eigenvalue weighted by Crippen LogP contribution is 2.31. The molecule has 0 saturated carbocycles. The quantitative estimate of drug-likeness (QED) is 0.416. The Labute approximate surface area is 176 Å². The van der Waals surface area contributed by atoms with E-state index in [2.05, 4.69) is 31.6 Å². The number of aromatic nitrogens is 6. The van der Waals surface area contributed by atoms with E-state index >= 15 is 0 Å². The average Bonchev–Trinajstić information content (AvgIpc) is 3.43. The predicted octanol–water partition coefficient (Wildman–Crippen LogP) is 4.08. The number of nitrogens with zero attached hydrogens (tertiary/aromatic N) is 4. The summed E-state index contributed by atoms with van der Waals surface area (Å²) in [5.41, 5.74) is 7.38. The molecule has 5 aromatic rings. The summed E-state index contributed by atoms with van der Waals surface area (Å²) in [5, 5.41) is 10.8. The summed E-state index contributed by atoms with van der Waals surface area (Å²) in [7, 11) is 0. The molecule has 0 amide bonds. The van der Waals surface area contributed by atoms with Gasteiger partial charge in [-0.25, -0.2) is 14.4 Å². The number of pyridine rings is 2. The second-order valence-electron chi connectivity index (χ2n) is 7.53.